The topological polar surface area (TPSA) is 50.9 Å². The summed E-state index contributed by atoms with van der Waals surface area (Å²) in [6.45, 7) is 6.18. The van der Waals surface area contributed by atoms with Crippen molar-refractivity contribution in [3.8, 4) is 0 Å². The van der Waals surface area contributed by atoms with Crippen LogP contribution in [-0.4, -0.2) is 4.98 Å². The summed E-state index contributed by atoms with van der Waals surface area (Å²) in [4.78, 5) is 4.27. The average molecular weight is 227 g/mol. The van der Waals surface area contributed by atoms with Crippen LogP contribution >= 0.6 is 0 Å². The lowest BCUT2D eigenvalue weighted by Crippen LogP contribution is -1.99. The highest BCUT2D eigenvalue weighted by Crippen LogP contribution is 2.23. The van der Waals surface area contributed by atoms with Crippen molar-refractivity contribution in [2.24, 2.45) is 0 Å². The van der Waals surface area contributed by atoms with Gasteiger partial charge in [0.05, 0.1) is 11.9 Å². The van der Waals surface area contributed by atoms with Crippen molar-refractivity contribution in [1.29, 1.82) is 0 Å². The maximum Gasteiger partial charge on any atom is 0.130 e. The lowest BCUT2D eigenvalue weighted by Gasteiger charge is -2.11. The standard InChI is InChI=1S/C14H17N3/c1-9-5-4-6-13(11(9)3)17-14-7-10(2)12(15)8-16-14/h4-8H,15H2,1-3H3,(H,16,17). The molecule has 0 fully saturated rings. The number of anilines is 3. The molecule has 0 atom stereocenters. The molecule has 0 amide bonds. The molecule has 2 rings (SSSR count). The van der Waals surface area contributed by atoms with Crippen LogP contribution in [0.2, 0.25) is 0 Å². The normalized spacial score (nSPS) is 10.3. The first-order chi connectivity index (χ1) is 8.08. The van der Waals surface area contributed by atoms with Gasteiger partial charge in [0.2, 0.25) is 0 Å². The van der Waals surface area contributed by atoms with Crippen molar-refractivity contribution in [2.45, 2.75) is 20.8 Å². The van der Waals surface area contributed by atoms with Crippen LogP contribution in [0.3, 0.4) is 0 Å². The van der Waals surface area contributed by atoms with E-state index in [1.165, 1.54) is 11.1 Å². The Hall–Kier alpha value is -2.03. The van der Waals surface area contributed by atoms with Crippen LogP contribution in [-0.2, 0) is 0 Å². The largest absolute Gasteiger partial charge is 0.397 e. The van der Waals surface area contributed by atoms with Crippen LogP contribution in [0.5, 0.6) is 0 Å². The van der Waals surface area contributed by atoms with E-state index >= 15 is 0 Å². The molecule has 3 N–H and O–H groups in total. The van der Waals surface area contributed by atoms with Gasteiger partial charge in [0.15, 0.2) is 0 Å². The molecular formula is C14H17N3. The van der Waals surface area contributed by atoms with E-state index in [9.17, 15) is 0 Å². The van der Waals surface area contributed by atoms with Crippen molar-refractivity contribution >= 4 is 17.2 Å². The minimum Gasteiger partial charge on any atom is -0.397 e. The highest BCUT2D eigenvalue weighted by atomic mass is 15.0. The van der Waals surface area contributed by atoms with Gasteiger partial charge in [0.1, 0.15) is 5.82 Å². The number of aromatic nitrogens is 1. The summed E-state index contributed by atoms with van der Waals surface area (Å²) in [5.41, 5.74) is 11.1. The van der Waals surface area contributed by atoms with Crippen LogP contribution in [0.4, 0.5) is 17.2 Å². The van der Waals surface area contributed by atoms with Gasteiger partial charge >= 0.3 is 0 Å². The number of nitrogens with two attached hydrogens (primary N) is 1. The van der Waals surface area contributed by atoms with Gasteiger partial charge in [-0.05, 0) is 49.6 Å². The summed E-state index contributed by atoms with van der Waals surface area (Å²) in [5, 5.41) is 3.31. The summed E-state index contributed by atoms with van der Waals surface area (Å²) < 4.78 is 0. The van der Waals surface area contributed by atoms with E-state index in [1.807, 2.05) is 19.1 Å². The molecule has 0 saturated carbocycles. The van der Waals surface area contributed by atoms with Crippen LogP contribution in [0.15, 0.2) is 30.5 Å². The van der Waals surface area contributed by atoms with Crippen LogP contribution in [0.1, 0.15) is 16.7 Å². The zero-order valence-corrected chi connectivity index (χ0v) is 10.4. The van der Waals surface area contributed by atoms with Crippen LogP contribution in [0.25, 0.3) is 0 Å². The molecule has 1 heterocycles. The maximum absolute atomic E-state index is 5.75. The number of nitrogens with one attached hydrogen (secondary N) is 1. The van der Waals surface area contributed by atoms with Crippen LogP contribution < -0.4 is 11.1 Å². The molecule has 0 radical (unpaired) electrons. The van der Waals surface area contributed by atoms with Crippen LogP contribution in [0, 0.1) is 20.8 Å². The molecule has 1 aromatic carbocycles. The summed E-state index contributed by atoms with van der Waals surface area (Å²) >= 11 is 0. The molecule has 0 aliphatic carbocycles. The number of aryl methyl sites for hydroxylation is 2. The highest BCUT2D eigenvalue weighted by molar-refractivity contribution is 5.63. The van der Waals surface area contributed by atoms with Crippen molar-refractivity contribution < 1.29 is 0 Å². The van der Waals surface area contributed by atoms with Gasteiger partial charge in [-0.15, -0.1) is 0 Å². The molecule has 1 aromatic heterocycles. The summed E-state index contributed by atoms with van der Waals surface area (Å²) in [5.74, 6) is 0.824. The second-order valence-corrected chi connectivity index (χ2v) is 4.30. The molecule has 0 bridgehead atoms. The molecule has 0 saturated heterocycles. The van der Waals surface area contributed by atoms with Crippen molar-refractivity contribution in [1.82, 2.24) is 4.98 Å². The van der Waals surface area contributed by atoms with E-state index in [1.54, 1.807) is 6.20 Å². The Labute approximate surface area is 102 Å². The molecular weight excluding hydrogens is 210 g/mol. The second kappa shape index (κ2) is 4.45. The van der Waals surface area contributed by atoms with Crippen molar-refractivity contribution in [3.63, 3.8) is 0 Å². The summed E-state index contributed by atoms with van der Waals surface area (Å²) in [7, 11) is 0. The van der Waals surface area contributed by atoms with E-state index in [0.717, 1.165) is 22.8 Å². The Kier molecular flexibility index (Phi) is 3.00. The molecule has 17 heavy (non-hydrogen) atoms. The molecule has 3 heteroatoms. The Bertz CT molecular complexity index is 547. The van der Waals surface area contributed by atoms with Crippen molar-refractivity contribution in [3.05, 3.63) is 47.2 Å². The predicted molar refractivity (Wildman–Crippen MR) is 72.6 cm³/mol. The van der Waals surface area contributed by atoms with Gasteiger partial charge < -0.3 is 11.1 Å². The maximum atomic E-state index is 5.75. The first-order valence-corrected chi connectivity index (χ1v) is 5.63. The third kappa shape index (κ3) is 2.38. The average Bonchev–Trinajstić information content (AvgIpc) is 2.30. The summed E-state index contributed by atoms with van der Waals surface area (Å²) in [6.07, 6.45) is 1.68. The zero-order valence-electron chi connectivity index (χ0n) is 10.4. The van der Waals surface area contributed by atoms with Gasteiger partial charge in [-0.3, -0.25) is 0 Å². The Morgan fingerprint density at radius 3 is 2.59 bits per heavy atom. The number of hydrogen-bond donors (Lipinski definition) is 2. The number of hydrogen-bond acceptors (Lipinski definition) is 3. The minimum absolute atomic E-state index is 0.719. The fraction of sp³-hybridized carbons (Fsp3) is 0.214. The molecule has 0 spiro atoms. The van der Waals surface area contributed by atoms with E-state index in [2.05, 4.69) is 36.3 Å². The molecule has 0 unspecified atom stereocenters. The number of nitrogens with zero attached hydrogens (tertiary/aromatic N) is 1. The number of benzene rings is 1. The third-order valence-corrected chi connectivity index (χ3v) is 3.02. The fourth-order valence-corrected chi connectivity index (χ4v) is 1.66. The quantitative estimate of drug-likeness (QED) is 0.827. The lowest BCUT2D eigenvalue weighted by molar-refractivity contribution is 1.26. The second-order valence-electron chi connectivity index (χ2n) is 4.30. The van der Waals surface area contributed by atoms with Gasteiger partial charge in [-0.1, -0.05) is 12.1 Å². The number of nitrogen functional groups attached to an aromatic ring is 1. The molecule has 88 valence electrons. The molecule has 0 aliphatic rings. The number of rotatable bonds is 2. The molecule has 3 nitrogen and oxygen atoms in total. The highest BCUT2D eigenvalue weighted by Gasteiger charge is 2.03. The smallest absolute Gasteiger partial charge is 0.130 e. The Morgan fingerprint density at radius 1 is 1.12 bits per heavy atom. The first kappa shape index (κ1) is 11.5. The molecule has 2 aromatic rings. The van der Waals surface area contributed by atoms with E-state index in [4.69, 9.17) is 5.73 Å². The van der Waals surface area contributed by atoms with Crippen molar-refractivity contribution in [2.75, 3.05) is 11.1 Å². The number of pyridine rings is 1. The zero-order chi connectivity index (χ0) is 12.4. The van der Waals surface area contributed by atoms with E-state index in [-0.39, 0.29) is 0 Å². The van der Waals surface area contributed by atoms with Gasteiger partial charge in [-0.25, -0.2) is 4.98 Å². The van der Waals surface area contributed by atoms with Gasteiger partial charge in [0, 0.05) is 5.69 Å². The summed E-state index contributed by atoms with van der Waals surface area (Å²) in [6, 6.07) is 8.14. The van der Waals surface area contributed by atoms with Gasteiger partial charge in [-0.2, -0.15) is 0 Å². The monoisotopic (exact) mass is 227 g/mol. The van der Waals surface area contributed by atoms with E-state index in [0.29, 0.717) is 0 Å². The first-order valence-electron chi connectivity index (χ1n) is 5.63. The van der Waals surface area contributed by atoms with E-state index < -0.39 is 0 Å². The third-order valence-electron chi connectivity index (χ3n) is 3.02. The Morgan fingerprint density at radius 2 is 1.88 bits per heavy atom. The predicted octanol–water partition coefficient (Wildman–Crippen LogP) is 3.33. The van der Waals surface area contributed by atoms with Gasteiger partial charge in [0.25, 0.3) is 0 Å². The minimum atomic E-state index is 0.719. The molecule has 0 aliphatic heterocycles. The lowest BCUT2D eigenvalue weighted by atomic mass is 10.1. The SMILES string of the molecule is Cc1cc(Nc2cccc(C)c2C)ncc1N. The Balaban J connectivity index is 2.31. The fourth-order valence-electron chi connectivity index (χ4n) is 1.66.